The first-order valence-electron chi connectivity index (χ1n) is 4.60. The average Bonchev–Trinajstić information content (AvgIpc) is 2.85. The first-order chi connectivity index (χ1) is 6.40. The summed E-state index contributed by atoms with van der Waals surface area (Å²) >= 11 is 1.76. The molecule has 3 heteroatoms. The van der Waals surface area contributed by atoms with E-state index in [1.807, 2.05) is 0 Å². The van der Waals surface area contributed by atoms with Gasteiger partial charge < -0.3 is 4.79 Å². The summed E-state index contributed by atoms with van der Waals surface area (Å²) < 4.78 is 0. The minimum Gasteiger partial charge on any atom is -0.302 e. The number of rotatable bonds is 5. The van der Waals surface area contributed by atoms with Crippen LogP contribution in [0.5, 0.6) is 0 Å². The van der Waals surface area contributed by atoms with E-state index in [0.29, 0.717) is 12.6 Å². The first-order valence-corrected chi connectivity index (χ1v) is 5.48. The third kappa shape index (κ3) is 2.39. The molecule has 1 aliphatic rings. The minimum absolute atomic E-state index is 0.586. The normalized spacial score (nSPS) is 16.4. The van der Waals surface area contributed by atoms with Gasteiger partial charge in [0.25, 0.3) is 0 Å². The maximum absolute atomic E-state index is 10.4. The number of hydrogen-bond acceptors (Lipinski definition) is 3. The summed E-state index contributed by atoms with van der Waals surface area (Å²) in [5, 5.41) is 2.08. The zero-order chi connectivity index (χ0) is 9.10. The molecule has 0 amide bonds. The molecular weight excluding hydrogens is 182 g/mol. The lowest BCUT2D eigenvalue weighted by atomic mass is 10.4. The summed E-state index contributed by atoms with van der Waals surface area (Å²) in [6.45, 7) is 1.53. The number of aldehydes is 1. The Morgan fingerprint density at radius 1 is 1.62 bits per heavy atom. The van der Waals surface area contributed by atoms with Gasteiger partial charge in [-0.05, 0) is 24.3 Å². The quantitative estimate of drug-likeness (QED) is 0.669. The molecule has 0 aliphatic heterocycles. The highest BCUT2D eigenvalue weighted by molar-refractivity contribution is 7.09. The van der Waals surface area contributed by atoms with Gasteiger partial charge in [-0.15, -0.1) is 11.3 Å². The second kappa shape index (κ2) is 4.03. The van der Waals surface area contributed by atoms with Crippen LogP contribution >= 0.6 is 11.3 Å². The van der Waals surface area contributed by atoms with Gasteiger partial charge in [-0.3, -0.25) is 4.90 Å². The predicted octanol–water partition coefficient (Wildman–Crippen LogP) is 1.91. The lowest BCUT2D eigenvalue weighted by Gasteiger charge is -2.17. The van der Waals surface area contributed by atoms with Crippen LogP contribution in [0.25, 0.3) is 0 Å². The Labute approximate surface area is 82.2 Å². The zero-order valence-corrected chi connectivity index (χ0v) is 8.30. The van der Waals surface area contributed by atoms with E-state index >= 15 is 0 Å². The Balaban J connectivity index is 1.92. The molecular formula is C10H13NOS. The van der Waals surface area contributed by atoms with Gasteiger partial charge in [0.1, 0.15) is 6.29 Å². The molecule has 1 aromatic heterocycles. The molecule has 13 heavy (non-hydrogen) atoms. The van der Waals surface area contributed by atoms with Crippen LogP contribution in [0.15, 0.2) is 17.5 Å². The van der Waals surface area contributed by atoms with E-state index in [1.165, 1.54) is 17.7 Å². The summed E-state index contributed by atoms with van der Waals surface area (Å²) in [5.74, 6) is 0. The molecule has 70 valence electrons. The summed E-state index contributed by atoms with van der Waals surface area (Å²) in [6, 6.07) is 4.86. The Morgan fingerprint density at radius 3 is 3.00 bits per heavy atom. The fourth-order valence-electron chi connectivity index (χ4n) is 1.48. The van der Waals surface area contributed by atoms with Gasteiger partial charge in [-0.25, -0.2) is 0 Å². The van der Waals surface area contributed by atoms with Crippen LogP contribution in [0.1, 0.15) is 17.7 Å². The second-order valence-corrected chi connectivity index (χ2v) is 4.44. The van der Waals surface area contributed by atoms with Crippen LogP contribution < -0.4 is 0 Å². The van der Waals surface area contributed by atoms with E-state index in [-0.39, 0.29) is 0 Å². The van der Waals surface area contributed by atoms with Gasteiger partial charge >= 0.3 is 0 Å². The third-order valence-corrected chi connectivity index (χ3v) is 3.17. The van der Waals surface area contributed by atoms with Crippen molar-refractivity contribution in [2.45, 2.75) is 25.4 Å². The summed E-state index contributed by atoms with van der Waals surface area (Å²) in [5.41, 5.74) is 0. The summed E-state index contributed by atoms with van der Waals surface area (Å²) in [7, 11) is 0. The van der Waals surface area contributed by atoms with E-state index in [1.54, 1.807) is 11.3 Å². The van der Waals surface area contributed by atoms with Crippen molar-refractivity contribution < 1.29 is 4.79 Å². The van der Waals surface area contributed by atoms with E-state index in [9.17, 15) is 4.79 Å². The number of hydrogen-bond donors (Lipinski definition) is 0. The molecule has 0 atom stereocenters. The molecule has 0 spiro atoms. The third-order valence-electron chi connectivity index (χ3n) is 2.31. The Hall–Kier alpha value is -0.670. The lowest BCUT2D eigenvalue weighted by Crippen LogP contribution is -2.26. The topological polar surface area (TPSA) is 20.3 Å². The van der Waals surface area contributed by atoms with Crippen LogP contribution in [-0.2, 0) is 11.3 Å². The average molecular weight is 195 g/mol. The molecule has 1 fully saturated rings. The van der Waals surface area contributed by atoms with Crippen LogP contribution in [-0.4, -0.2) is 23.8 Å². The van der Waals surface area contributed by atoms with Gasteiger partial charge in [0.15, 0.2) is 0 Å². The van der Waals surface area contributed by atoms with Crippen molar-refractivity contribution in [1.29, 1.82) is 0 Å². The van der Waals surface area contributed by atoms with E-state index in [4.69, 9.17) is 0 Å². The smallest absolute Gasteiger partial charge is 0.134 e. The fourth-order valence-corrected chi connectivity index (χ4v) is 2.21. The molecule has 0 N–H and O–H groups in total. The Morgan fingerprint density at radius 2 is 2.46 bits per heavy atom. The van der Waals surface area contributed by atoms with Gasteiger partial charge in [0.05, 0.1) is 6.54 Å². The van der Waals surface area contributed by atoms with Crippen LogP contribution in [0.4, 0.5) is 0 Å². The van der Waals surface area contributed by atoms with Crippen LogP contribution in [0, 0.1) is 0 Å². The molecule has 2 rings (SSSR count). The molecule has 1 aliphatic carbocycles. The highest BCUT2D eigenvalue weighted by atomic mass is 32.1. The minimum atomic E-state index is 0.586. The first kappa shape index (κ1) is 8.91. The number of thiophene rings is 1. The summed E-state index contributed by atoms with van der Waals surface area (Å²) in [6.07, 6.45) is 3.53. The van der Waals surface area contributed by atoms with Crippen molar-refractivity contribution in [1.82, 2.24) is 4.90 Å². The molecule has 1 aromatic rings. The van der Waals surface area contributed by atoms with Crippen molar-refractivity contribution in [2.24, 2.45) is 0 Å². The largest absolute Gasteiger partial charge is 0.302 e. The molecule has 0 aromatic carbocycles. The maximum Gasteiger partial charge on any atom is 0.134 e. The number of nitrogens with zero attached hydrogens (tertiary/aromatic N) is 1. The van der Waals surface area contributed by atoms with Gasteiger partial charge in [-0.1, -0.05) is 6.07 Å². The number of carbonyl (C=O) groups excluding carboxylic acids is 1. The van der Waals surface area contributed by atoms with Crippen molar-refractivity contribution >= 4 is 17.6 Å². The van der Waals surface area contributed by atoms with Crippen molar-refractivity contribution in [3.8, 4) is 0 Å². The molecule has 0 radical (unpaired) electrons. The van der Waals surface area contributed by atoms with Crippen molar-refractivity contribution in [3.63, 3.8) is 0 Å². The second-order valence-electron chi connectivity index (χ2n) is 3.41. The highest BCUT2D eigenvalue weighted by Gasteiger charge is 2.28. The lowest BCUT2D eigenvalue weighted by molar-refractivity contribution is -0.109. The molecule has 0 unspecified atom stereocenters. The van der Waals surface area contributed by atoms with Crippen LogP contribution in [0.2, 0.25) is 0 Å². The van der Waals surface area contributed by atoms with E-state index < -0.39 is 0 Å². The molecule has 0 bridgehead atoms. The van der Waals surface area contributed by atoms with E-state index in [2.05, 4.69) is 22.4 Å². The fraction of sp³-hybridized carbons (Fsp3) is 0.500. The maximum atomic E-state index is 10.4. The summed E-state index contributed by atoms with van der Waals surface area (Å²) in [4.78, 5) is 14.1. The van der Waals surface area contributed by atoms with Gasteiger partial charge in [0, 0.05) is 17.5 Å². The highest BCUT2D eigenvalue weighted by Crippen LogP contribution is 2.28. The Bertz CT molecular complexity index is 266. The zero-order valence-electron chi connectivity index (χ0n) is 7.48. The monoisotopic (exact) mass is 195 g/mol. The van der Waals surface area contributed by atoms with Crippen molar-refractivity contribution in [3.05, 3.63) is 22.4 Å². The molecule has 1 heterocycles. The van der Waals surface area contributed by atoms with E-state index in [0.717, 1.165) is 12.8 Å². The molecule has 1 saturated carbocycles. The number of carbonyl (C=O) groups is 1. The van der Waals surface area contributed by atoms with Gasteiger partial charge in [0.2, 0.25) is 0 Å². The Kier molecular flexibility index (Phi) is 2.76. The predicted molar refractivity (Wildman–Crippen MR) is 53.8 cm³/mol. The van der Waals surface area contributed by atoms with Crippen LogP contribution in [0.3, 0.4) is 0 Å². The SMILES string of the molecule is O=CCN(Cc1cccs1)C1CC1. The van der Waals surface area contributed by atoms with Crippen molar-refractivity contribution in [2.75, 3.05) is 6.54 Å². The van der Waals surface area contributed by atoms with Gasteiger partial charge in [-0.2, -0.15) is 0 Å². The molecule has 0 saturated heterocycles. The standard InChI is InChI=1S/C10H13NOS/c12-6-5-11(9-3-4-9)8-10-2-1-7-13-10/h1-2,6-7,9H,3-5,8H2. The molecule has 2 nitrogen and oxygen atoms in total.